The largest absolute Gasteiger partial charge is 0.494 e. The molecule has 0 saturated heterocycles. The van der Waals surface area contributed by atoms with Crippen LogP contribution >= 0.6 is 0 Å². The van der Waals surface area contributed by atoms with Gasteiger partial charge in [-0.25, -0.2) is 9.97 Å². The number of aromatic amines is 1. The van der Waals surface area contributed by atoms with E-state index in [4.69, 9.17) is 4.74 Å². The van der Waals surface area contributed by atoms with Crippen LogP contribution in [0.4, 0.5) is 0 Å². The highest BCUT2D eigenvalue weighted by Gasteiger charge is 2.23. The van der Waals surface area contributed by atoms with Gasteiger partial charge in [0.2, 0.25) is 11.8 Å². The zero-order chi connectivity index (χ0) is 25.3. The van der Waals surface area contributed by atoms with Gasteiger partial charge in [-0.3, -0.25) is 14.5 Å². The van der Waals surface area contributed by atoms with Crippen LogP contribution in [0, 0.1) is 5.92 Å². The number of imidazole rings is 2. The average molecular weight is 494 g/mol. The van der Waals surface area contributed by atoms with Gasteiger partial charge in [-0.1, -0.05) is 26.0 Å². The third-order valence-corrected chi connectivity index (χ3v) is 6.02. The second-order valence-corrected chi connectivity index (χ2v) is 9.50. The lowest BCUT2D eigenvalue weighted by atomic mass is 10.0. The molecule has 3 heterocycles. The SMILES string of the molecule is CC(C)C[C@H]1NC(=O)CN(Cc2cnc[nH]2)CCCOc2cccc(c2)-c2nccn2CCNC1=O. The van der Waals surface area contributed by atoms with Gasteiger partial charge in [0, 0.05) is 56.0 Å². The predicted octanol–water partition coefficient (Wildman–Crippen LogP) is 2.20. The first-order valence-electron chi connectivity index (χ1n) is 12.5. The number of carbonyl (C=O) groups excluding carboxylic acids is 2. The summed E-state index contributed by atoms with van der Waals surface area (Å²) in [6.45, 7) is 6.96. The van der Waals surface area contributed by atoms with Gasteiger partial charge in [0.05, 0.1) is 19.5 Å². The number of nitrogens with zero attached hydrogens (tertiary/aromatic N) is 4. The summed E-state index contributed by atoms with van der Waals surface area (Å²) in [6, 6.07) is 7.28. The first-order valence-corrected chi connectivity index (χ1v) is 12.5. The van der Waals surface area contributed by atoms with E-state index in [1.165, 1.54) is 0 Å². The zero-order valence-electron chi connectivity index (χ0n) is 20.9. The topological polar surface area (TPSA) is 117 Å². The fourth-order valence-electron chi connectivity index (χ4n) is 4.35. The number of hydrogen-bond acceptors (Lipinski definition) is 6. The molecule has 3 N–H and O–H groups in total. The molecule has 1 aromatic carbocycles. The molecule has 1 aliphatic heterocycles. The van der Waals surface area contributed by atoms with E-state index in [0.717, 1.165) is 29.3 Å². The highest BCUT2D eigenvalue weighted by molar-refractivity contribution is 5.88. The number of H-pyrrole nitrogens is 1. The Morgan fingerprint density at radius 1 is 1.22 bits per heavy atom. The quantitative estimate of drug-likeness (QED) is 0.513. The highest BCUT2D eigenvalue weighted by atomic mass is 16.5. The number of benzene rings is 1. The van der Waals surface area contributed by atoms with Gasteiger partial charge in [-0.2, -0.15) is 0 Å². The fourth-order valence-corrected chi connectivity index (χ4v) is 4.35. The van der Waals surface area contributed by atoms with Gasteiger partial charge in [-0.05, 0) is 30.9 Å². The third kappa shape index (κ3) is 7.17. The van der Waals surface area contributed by atoms with Gasteiger partial charge in [-0.15, -0.1) is 0 Å². The Bertz CT molecular complexity index is 1130. The van der Waals surface area contributed by atoms with Crippen LogP contribution in [0.3, 0.4) is 0 Å². The minimum absolute atomic E-state index is 0.171. The molecular weight excluding hydrogens is 458 g/mol. The average Bonchev–Trinajstić information content (AvgIpc) is 3.53. The second-order valence-electron chi connectivity index (χ2n) is 9.50. The Morgan fingerprint density at radius 3 is 2.92 bits per heavy atom. The molecule has 2 amide bonds. The van der Waals surface area contributed by atoms with Crippen LogP contribution in [-0.4, -0.2) is 68.5 Å². The lowest BCUT2D eigenvalue weighted by molar-refractivity contribution is -0.130. The molecule has 0 radical (unpaired) electrons. The molecule has 0 spiro atoms. The molecule has 1 aliphatic rings. The van der Waals surface area contributed by atoms with Crippen molar-refractivity contribution in [2.24, 2.45) is 5.92 Å². The molecule has 0 aliphatic carbocycles. The highest BCUT2D eigenvalue weighted by Crippen LogP contribution is 2.23. The summed E-state index contributed by atoms with van der Waals surface area (Å²) in [4.78, 5) is 39.7. The maximum atomic E-state index is 13.0. The minimum atomic E-state index is -0.590. The van der Waals surface area contributed by atoms with Crippen molar-refractivity contribution in [1.82, 2.24) is 35.1 Å². The van der Waals surface area contributed by atoms with Crippen molar-refractivity contribution in [1.29, 1.82) is 0 Å². The van der Waals surface area contributed by atoms with Crippen molar-refractivity contribution in [3.8, 4) is 17.1 Å². The van der Waals surface area contributed by atoms with E-state index >= 15 is 0 Å². The number of carbonyl (C=O) groups is 2. The number of fused-ring (bicyclic) bond motifs is 4. The van der Waals surface area contributed by atoms with Crippen LogP contribution in [0.25, 0.3) is 11.4 Å². The molecule has 36 heavy (non-hydrogen) atoms. The third-order valence-electron chi connectivity index (χ3n) is 6.02. The van der Waals surface area contributed by atoms with Gasteiger partial charge in [0.1, 0.15) is 17.6 Å². The van der Waals surface area contributed by atoms with E-state index in [9.17, 15) is 9.59 Å². The lowest BCUT2D eigenvalue weighted by Gasteiger charge is -2.24. The van der Waals surface area contributed by atoms with Crippen LogP contribution in [0.2, 0.25) is 0 Å². The number of nitrogens with one attached hydrogen (secondary N) is 3. The van der Waals surface area contributed by atoms with E-state index in [1.54, 1.807) is 18.7 Å². The van der Waals surface area contributed by atoms with Crippen LogP contribution in [0.5, 0.6) is 5.75 Å². The van der Waals surface area contributed by atoms with E-state index in [-0.39, 0.29) is 24.3 Å². The Balaban J connectivity index is 1.54. The molecule has 3 aromatic rings. The van der Waals surface area contributed by atoms with Crippen molar-refractivity contribution in [2.45, 2.75) is 45.8 Å². The first kappa shape index (κ1) is 25.4. The molecule has 192 valence electrons. The van der Waals surface area contributed by atoms with Gasteiger partial charge in [0.15, 0.2) is 0 Å². The zero-order valence-corrected chi connectivity index (χ0v) is 20.9. The summed E-state index contributed by atoms with van der Waals surface area (Å²) in [5.41, 5.74) is 1.88. The van der Waals surface area contributed by atoms with Crippen LogP contribution in [0.15, 0.2) is 49.2 Å². The number of hydrogen-bond donors (Lipinski definition) is 3. The molecule has 4 rings (SSSR count). The number of ether oxygens (including phenoxy) is 1. The molecule has 10 nitrogen and oxygen atoms in total. The molecule has 1 atom stereocenters. The van der Waals surface area contributed by atoms with Crippen LogP contribution in [0.1, 0.15) is 32.4 Å². The van der Waals surface area contributed by atoms with Gasteiger partial charge in [0.25, 0.3) is 0 Å². The van der Waals surface area contributed by atoms with Crippen molar-refractivity contribution >= 4 is 11.8 Å². The first-order chi connectivity index (χ1) is 17.5. The van der Waals surface area contributed by atoms with E-state index in [0.29, 0.717) is 39.2 Å². The summed E-state index contributed by atoms with van der Waals surface area (Å²) < 4.78 is 8.03. The second kappa shape index (κ2) is 12.3. The summed E-state index contributed by atoms with van der Waals surface area (Å²) in [7, 11) is 0. The van der Waals surface area contributed by atoms with Crippen molar-refractivity contribution in [2.75, 3.05) is 26.2 Å². The monoisotopic (exact) mass is 493 g/mol. The Labute approximate surface area is 211 Å². The predicted molar refractivity (Wildman–Crippen MR) is 136 cm³/mol. The maximum Gasteiger partial charge on any atom is 0.242 e. The van der Waals surface area contributed by atoms with Gasteiger partial charge >= 0.3 is 0 Å². The molecule has 0 unspecified atom stereocenters. The van der Waals surface area contributed by atoms with E-state index < -0.39 is 6.04 Å². The number of rotatable bonds is 4. The summed E-state index contributed by atoms with van der Waals surface area (Å²) in [6.07, 6.45) is 8.33. The lowest BCUT2D eigenvalue weighted by Crippen LogP contribution is -2.50. The summed E-state index contributed by atoms with van der Waals surface area (Å²) >= 11 is 0. The molecule has 0 saturated carbocycles. The summed E-state index contributed by atoms with van der Waals surface area (Å²) in [5, 5.41) is 5.96. The van der Waals surface area contributed by atoms with Gasteiger partial charge < -0.3 is 24.9 Å². The molecule has 10 heteroatoms. The molecule has 2 aromatic heterocycles. The van der Waals surface area contributed by atoms with Crippen molar-refractivity contribution < 1.29 is 14.3 Å². The van der Waals surface area contributed by atoms with Crippen molar-refractivity contribution in [3.05, 3.63) is 54.9 Å². The smallest absolute Gasteiger partial charge is 0.242 e. The standard InChI is InChI=1S/C26H35N7O3/c1-19(2)13-23-26(35)29-8-11-33-10-7-28-25(33)20-5-3-6-22(14-20)36-12-4-9-32(17-24(34)31-23)16-21-15-27-18-30-21/h3,5-7,10,14-15,18-19,23H,4,8-9,11-13,16-17H2,1-2H3,(H,27,30)(H,29,35)(H,31,34)/t23-/m1/s1. The minimum Gasteiger partial charge on any atom is -0.494 e. The number of aromatic nitrogens is 4. The van der Waals surface area contributed by atoms with Crippen molar-refractivity contribution in [3.63, 3.8) is 0 Å². The maximum absolute atomic E-state index is 13.0. The van der Waals surface area contributed by atoms with Crippen LogP contribution in [-0.2, 0) is 22.7 Å². The normalized spacial score (nSPS) is 18.5. The van der Waals surface area contributed by atoms with E-state index in [1.807, 2.05) is 53.8 Å². The van der Waals surface area contributed by atoms with E-state index in [2.05, 4.69) is 25.6 Å². The number of amides is 2. The molecule has 2 bridgehead atoms. The summed E-state index contributed by atoms with van der Waals surface area (Å²) in [5.74, 6) is 1.49. The van der Waals surface area contributed by atoms with Crippen LogP contribution < -0.4 is 15.4 Å². The Morgan fingerprint density at radius 2 is 2.11 bits per heavy atom. The molecular formula is C26H35N7O3. The fraction of sp³-hybridized carbons (Fsp3) is 0.462. The Hall–Kier alpha value is -3.66. The Kier molecular flexibility index (Phi) is 8.72. The molecule has 0 fully saturated rings.